The number of aliphatic hydroxyl groups excluding tert-OH is 2. The SMILES string of the molecule is C=C(OC(/C=C/CCS)CC(=O)N[C@H](CO)C(=O)O)C(N)C(C)O. The second-order valence-electron chi connectivity index (χ2n) is 5.17. The van der Waals surface area contributed by atoms with Crippen LogP contribution in [0.15, 0.2) is 24.5 Å². The molecule has 0 saturated carbocycles. The number of ether oxygens (including phenoxy) is 1. The molecular formula is C15H26N2O6S. The number of aliphatic hydroxyl groups is 2. The molecule has 3 unspecified atom stereocenters. The lowest BCUT2D eigenvalue weighted by molar-refractivity contribution is -0.143. The molecular weight excluding hydrogens is 336 g/mol. The zero-order valence-electron chi connectivity index (χ0n) is 13.6. The van der Waals surface area contributed by atoms with E-state index in [-0.39, 0.29) is 12.2 Å². The molecule has 4 atom stereocenters. The van der Waals surface area contributed by atoms with E-state index in [2.05, 4.69) is 24.5 Å². The summed E-state index contributed by atoms with van der Waals surface area (Å²) < 4.78 is 5.50. The van der Waals surface area contributed by atoms with Gasteiger partial charge in [0.25, 0.3) is 0 Å². The second-order valence-corrected chi connectivity index (χ2v) is 5.62. The number of nitrogens with one attached hydrogen (secondary N) is 1. The number of hydrogen-bond donors (Lipinski definition) is 6. The molecule has 0 aliphatic heterocycles. The fourth-order valence-electron chi connectivity index (χ4n) is 1.64. The molecule has 0 aromatic carbocycles. The number of carboxylic acid groups (broad SMARTS) is 1. The fourth-order valence-corrected chi connectivity index (χ4v) is 1.78. The second kappa shape index (κ2) is 11.9. The summed E-state index contributed by atoms with van der Waals surface area (Å²) >= 11 is 4.07. The summed E-state index contributed by atoms with van der Waals surface area (Å²) in [5.74, 6) is -1.24. The maximum Gasteiger partial charge on any atom is 0.328 e. The van der Waals surface area contributed by atoms with E-state index < -0.39 is 42.8 Å². The molecule has 0 fully saturated rings. The highest BCUT2D eigenvalue weighted by Gasteiger charge is 2.23. The van der Waals surface area contributed by atoms with Crippen molar-refractivity contribution in [2.75, 3.05) is 12.4 Å². The Labute approximate surface area is 146 Å². The summed E-state index contributed by atoms with van der Waals surface area (Å²) in [6.45, 7) is 4.40. The van der Waals surface area contributed by atoms with Gasteiger partial charge < -0.3 is 31.1 Å². The molecule has 0 aliphatic rings. The van der Waals surface area contributed by atoms with Gasteiger partial charge in [0.1, 0.15) is 17.9 Å². The van der Waals surface area contributed by atoms with Crippen LogP contribution in [0.4, 0.5) is 0 Å². The maximum atomic E-state index is 11.9. The first-order chi connectivity index (χ1) is 11.2. The molecule has 0 aromatic heterocycles. The van der Waals surface area contributed by atoms with Crippen molar-refractivity contribution >= 4 is 24.5 Å². The molecule has 1 amide bonds. The Hall–Kier alpha value is -1.55. The Kier molecular flexibility index (Phi) is 11.1. The van der Waals surface area contributed by atoms with E-state index in [0.29, 0.717) is 12.2 Å². The summed E-state index contributed by atoms with van der Waals surface area (Å²) in [5.41, 5.74) is 5.71. The number of rotatable bonds is 12. The van der Waals surface area contributed by atoms with Gasteiger partial charge in [0.15, 0.2) is 0 Å². The van der Waals surface area contributed by atoms with Gasteiger partial charge in [-0.25, -0.2) is 4.79 Å². The van der Waals surface area contributed by atoms with E-state index in [4.69, 9.17) is 20.7 Å². The molecule has 138 valence electrons. The van der Waals surface area contributed by atoms with E-state index >= 15 is 0 Å². The van der Waals surface area contributed by atoms with Crippen molar-refractivity contribution < 1.29 is 29.6 Å². The van der Waals surface area contributed by atoms with Crippen molar-refractivity contribution in [3.8, 4) is 0 Å². The number of nitrogens with two attached hydrogens (primary N) is 1. The number of amides is 1. The van der Waals surface area contributed by atoms with Crippen LogP contribution in [-0.4, -0.2) is 63.8 Å². The molecule has 0 aromatic rings. The van der Waals surface area contributed by atoms with Gasteiger partial charge >= 0.3 is 5.97 Å². The van der Waals surface area contributed by atoms with Gasteiger partial charge in [0.05, 0.1) is 25.2 Å². The Morgan fingerprint density at radius 2 is 2.08 bits per heavy atom. The number of carbonyl (C=O) groups is 2. The molecule has 0 aliphatic carbocycles. The van der Waals surface area contributed by atoms with Gasteiger partial charge in [0.2, 0.25) is 5.91 Å². The monoisotopic (exact) mass is 362 g/mol. The molecule has 9 heteroatoms. The van der Waals surface area contributed by atoms with Crippen molar-refractivity contribution in [3.63, 3.8) is 0 Å². The molecule has 0 rings (SSSR count). The van der Waals surface area contributed by atoms with Crippen molar-refractivity contribution in [1.29, 1.82) is 0 Å². The highest BCUT2D eigenvalue weighted by molar-refractivity contribution is 7.80. The normalized spacial score (nSPS) is 16.2. The van der Waals surface area contributed by atoms with Gasteiger partial charge in [-0.15, -0.1) is 0 Å². The molecule has 0 radical (unpaired) electrons. The smallest absolute Gasteiger partial charge is 0.328 e. The average Bonchev–Trinajstić information content (AvgIpc) is 2.51. The third-order valence-corrected chi connectivity index (χ3v) is 3.30. The lowest BCUT2D eigenvalue weighted by atomic mass is 10.1. The fraction of sp³-hybridized carbons (Fsp3) is 0.600. The minimum Gasteiger partial charge on any atom is -0.489 e. The Balaban J connectivity index is 4.85. The maximum absolute atomic E-state index is 11.9. The predicted molar refractivity (Wildman–Crippen MR) is 92.5 cm³/mol. The summed E-state index contributed by atoms with van der Waals surface area (Å²) in [7, 11) is 0. The summed E-state index contributed by atoms with van der Waals surface area (Å²) in [6, 6.07) is -2.21. The number of allylic oxidation sites excluding steroid dienone is 1. The highest BCUT2D eigenvalue weighted by Crippen LogP contribution is 2.12. The molecule has 8 nitrogen and oxygen atoms in total. The van der Waals surface area contributed by atoms with Crippen LogP contribution in [0, 0.1) is 0 Å². The number of carboxylic acids is 1. The van der Waals surface area contributed by atoms with E-state index in [1.54, 1.807) is 12.2 Å². The van der Waals surface area contributed by atoms with E-state index in [1.165, 1.54) is 6.92 Å². The van der Waals surface area contributed by atoms with Crippen molar-refractivity contribution in [2.45, 2.75) is 44.1 Å². The van der Waals surface area contributed by atoms with Gasteiger partial charge in [0, 0.05) is 0 Å². The van der Waals surface area contributed by atoms with Gasteiger partial charge in [-0.2, -0.15) is 12.6 Å². The van der Waals surface area contributed by atoms with Crippen LogP contribution in [0.25, 0.3) is 0 Å². The Morgan fingerprint density at radius 3 is 2.54 bits per heavy atom. The predicted octanol–water partition coefficient (Wildman–Crippen LogP) is -0.579. The number of hydrogen-bond acceptors (Lipinski definition) is 7. The van der Waals surface area contributed by atoms with Crippen LogP contribution < -0.4 is 11.1 Å². The van der Waals surface area contributed by atoms with E-state index in [0.717, 1.165) is 0 Å². The third kappa shape index (κ3) is 8.92. The molecule has 0 saturated heterocycles. The number of thiol groups is 1. The van der Waals surface area contributed by atoms with Crippen LogP contribution in [0.5, 0.6) is 0 Å². The van der Waals surface area contributed by atoms with Crippen LogP contribution in [0.1, 0.15) is 19.8 Å². The molecule has 24 heavy (non-hydrogen) atoms. The lowest BCUT2D eigenvalue weighted by Crippen LogP contribution is -2.44. The van der Waals surface area contributed by atoms with Crippen molar-refractivity contribution in [3.05, 3.63) is 24.5 Å². The summed E-state index contributed by atoms with van der Waals surface area (Å²) in [4.78, 5) is 22.7. The minimum absolute atomic E-state index is 0.107. The third-order valence-electron chi connectivity index (χ3n) is 3.04. The Morgan fingerprint density at radius 1 is 1.46 bits per heavy atom. The largest absolute Gasteiger partial charge is 0.489 e. The molecule has 0 spiro atoms. The van der Waals surface area contributed by atoms with Gasteiger partial charge in [-0.05, 0) is 25.2 Å². The quantitative estimate of drug-likeness (QED) is 0.155. The van der Waals surface area contributed by atoms with Crippen molar-refractivity contribution in [1.82, 2.24) is 5.32 Å². The standard InChI is InChI=1S/C15H26N2O6S/c1-9(19)14(16)10(2)23-11(5-3-4-6-24)7-13(20)17-12(8-18)15(21)22/h3,5,9,11-12,14,18-19,24H,2,4,6-8,16H2,1H3,(H,17,20)(H,21,22)/b5-3+/t9?,11?,12-,14?/m1/s1. The first-order valence-corrected chi connectivity index (χ1v) is 8.05. The molecule has 0 bridgehead atoms. The number of aliphatic carboxylic acids is 1. The van der Waals surface area contributed by atoms with Crippen LogP contribution in [-0.2, 0) is 14.3 Å². The highest BCUT2D eigenvalue weighted by atomic mass is 32.1. The minimum atomic E-state index is -1.39. The molecule has 0 heterocycles. The first kappa shape index (κ1) is 22.4. The van der Waals surface area contributed by atoms with Crippen LogP contribution in [0.3, 0.4) is 0 Å². The van der Waals surface area contributed by atoms with Crippen molar-refractivity contribution in [2.24, 2.45) is 5.73 Å². The molecule has 6 N–H and O–H groups in total. The first-order valence-electron chi connectivity index (χ1n) is 7.42. The topological polar surface area (TPSA) is 142 Å². The summed E-state index contributed by atoms with van der Waals surface area (Å²) in [5, 5.41) is 29.4. The lowest BCUT2D eigenvalue weighted by Gasteiger charge is -2.23. The van der Waals surface area contributed by atoms with Gasteiger partial charge in [-0.1, -0.05) is 12.7 Å². The zero-order chi connectivity index (χ0) is 18.7. The van der Waals surface area contributed by atoms with Crippen LogP contribution in [0.2, 0.25) is 0 Å². The Bertz CT molecular complexity index is 455. The van der Waals surface area contributed by atoms with E-state index in [9.17, 15) is 14.7 Å². The zero-order valence-corrected chi connectivity index (χ0v) is 14.5. The van der Waals surface area contributed by atoms with Crippen LogP contribution >= 0.6 is 12.6 Å². The average molecular weight is 362 g/mol. The van der Waals surface area contributed by atoms with E-state index in [1.807, 2.05) is 0 Å². The van der Waals surface area contributed by atoms with Gasteiger partial charge in [-0.3, -0.25) is 4.79 Å². The number of carbonyl (C=O) groups excluding carboxylic acids is 1. The summed E-state index contributed by atoms with van der Waals surface area (Å²) in [6.07, 6.45) is 2.21.